The van der Waals surface area contributed by atoms with E-state index >= 15 is 0 Å². The summed E-state index contributed by atoms with van der Waals surface area (Å²) in [7, 11) is 0. The molecule has 1 fully saturated rings. The molecule has 2 atom stereocenters. The van der Waals surface area contributed by atoms with E-state index in [1.165, 1.54) is 17.1 Å². The Kier molecular flexibility index (Phi) is 2.06. The predicted molar refractivity (Wildman–Crippen MR) is 67.0 cm³/mol. The lowest BCUT2D eigenvalue weighted by Gasteiger charge is -2.52. The van der Waals surface area contributed by atoms with Gasteiger partial charge in [0.15, 0.2) is 0 Å². The van der Waals surface area contributed by atoms with Crippen LogP contribution in [0.3, 0.4) is 0 Å². The summed E-state index contributed by atoms with van der Waals surface area (Å²) in [5.74, 6) is 2.00. The van der Waals surface area contributed by atoms with Gasteiger partial charge in [-0.15, -0.1) is 0 Å². The first-order valence-corrected chi connectivity index (χ1v) is 6.13. The number of benzene rings is 1. The van der Waals surface area contributed by atoms with Crippen LogP contribution >= 0.6 is 0 Å². The Bertz CT molecular complexity index is 448. The minimum atomic E-state index is 0.491. The number of hydrogen-bond acceptors (Lipinski definition) is 2. The van der Waals surface area contributed by atoms with Crippen molar-refractivity contribution in [2.75, 3.05) is 0 Å². The highest BCUT2D eigenvalue weighted by molar-refractivity contribution is 5.93. The summed E-state index contributed by atoms with van der Waals surface area (Å²) in [4.78, 5) is 7.23. The van der Waals surface area contributed by atoms with Gasteiger partial charge < -0.3 is 4.90 Å². The van der Waals surface area contributed by atoms with Gasteiger partial charge in [-0.25, -0.2) is 4.99 Å². The Morgan fingerprint density at radius 3 is 2.81 bits per heavy atom. The monoisotopic (exact) mass is 214 g/mol. The third-order valence-corrected chi connectivity index (χ3v) is 3.87. The van der Waals surface area contributed by atoms with Crippen molar-refractivity contribution >= 4 is 11.5 Å². The minimum Gasteiger partial charge on any atom is -0.349 e. The van der Waals surface area contributed by atoms with Crippen LogP contribution in [0.15, 0.2) is 29.3 Å². The van der Waals surface area contributed by atoms with Gasteiger partial charge in [-0.2, -0.15) is 0 Å². The number of rotatable bonds is 1. The average Bonchev–Trinajstić information content (AvgIpc) is 2.22. The summed E-state index contributed by atoms with van der Waals surface area (Å²) in [6.45, 7) is 6.89. The fraction of sp³-hybridized carbons (Fsp3) is 0.500. The zero-order chi connectivity index (χ0) is 11.3. The van der Waals surface area contributed by atoms with Crippen LogP contribution in [0.5, 0.6) is 0 Å². The van der Waals surface area contributed by atoms with Crippen LogP contribution in [0.4, 0.5) is 5.69 Å². The molecular weight excluding hydrogens is 196 g/mol. The van der Waals surface area contributed by atoms with E-state index in [1.807, 2.05) is 0 Å². The molecule has 2 heterocycles. The van der Waals surface area contributed by atoms with Crippen molar-refractivity contribution in [2.24, 2.45) is 10.9 Å². The average molecular weight is 214 g/mol. The lowest BCUT2D eigenvalue weighted by molar-refractivity contribution is 0.145. The van der Waals surface area contributed by atoms with E-state index in [2.05, 4.69) is 49.9 Å². The van der Waals surface area contributed by atoms with Crippen molar-refractivity contribution in [3.8, 4) is 0 Å². The molecule has 1 aromatic carbocycles. The van der Waals surface area contributed by atoms with Crippen molar-refractivity contribution in [1.29, 1.82) is 0 Å². The van der Waals surface area contributed by atoms with Gasteiger partial charge in [-0.05, 0) is 18.9 Å². The molecule has 0 spiro atoms. The third kappa shape index (κ3) is 1.22. The summed E-state index contributed by atoms with van der Waals surface area (Å²) in [6, 6.07) is 9.69. The van der Waals surface area contributed by atoms with E-state index in [4.69, 9.17) is 4.99 Å². The molecule has 3 rings (SSSR count). The first kappa shape index (κ1) is 9.88. The van der Waals surface area contributed by atoms with Crippen LogP contribution in [0.1, 0.15) is 38.8 Å². The van der Waals surface area contributed by atoms with Crippen molar-refractivity contribution in [1.82, 2.24) is 4.90 Å². The van der Waals surface area contributed by atoms with Crippen LogP contribution in [-0.4, -0.2) is 16.8 Å². The van der Waals surface area contributed by atoms with Crippen molar-refractivity contribution in [3.05, 3.63) is 29.8 Å². The molecule has 84 valence electrons. The van der Waals surface area contributed by atoms with Gasteiger partial charge in [-0.1, -0.05) is 32.0 Å². The third-order valence-electron chi connectivity index (χ3n) is 3.87. The number of nitrogens with zero attached hydrogens (tertiary/aromatic N) is 2. The number of amidine groups is 1. The molecule has 1 aromatic rings. The largest absolute Gasteiger partial charge is 0.349 e. The minimum absolute atomic E-state index is 0.491. The van der Waals surface area contributed by atoms with Gasteiger partial charge in [0.25, 0.3) is 0 Å². The van der Waals surface area contributed by atoms with E-state index in [0.717, 1.165) is 6.42 Å². The molecule has 0 N–H and O–H groups in total. The highest BCUT2D eigenvalue weighted by Gasteiger charge is 2.41. The molecule has 2 nitrogen and oxygen atoms in total. The normalized spacial score (nSPS) is 27.0. The Morgan fingerprint density at radius 1 is 1.31 bits per heavy atom. The van der Waals surface area contributed by atoms with Crippen LogP contribution in [0, 0.1) is 5.92 Å². The maximum absolute atomic E-state index is 4.74. The number of hydrogen-bond donors (Lipinski definition) is 0. The van der Waals surface area contributed by atoms with Gasteiger partial charge >= 0.3 is 0 Å². The summed E-state index contributed by atoms with van der Waals surface area (Å²) >= 11 is 0. The molecule has 0 radical (unpaired) electrons. The molecule has 0 unspecified atom stereocenters. The number of para-hydroxylation sites is 1. The maximum Gasteiger partial charge on any atom is 0.108 e. The van der Waals surface area contributed by atoms with Crippen molar-refractivity contribution in [2.45, 2.75) is 39.3 Å². The van der Waals surface area contributed by atoms with E-state index in [9.17, 15) is 0 Å². The zero-order valence-corrected chi connectivity index (χ0v) is 10.1. The zero-order valence-electron chi connectivity index (χ0n) is 10.1. The highest BCUT2D eigenvalue weighted by Crippen LogP contribution is 2.43. The van der Waals surface area contributed by atoms with E-state index < -0.39 is 0 Å². The van der Waals surface area contributed by atoms with Gasteiger partial charge in [0.2, 0.25) is 0 Å². The Balaban J connectivity index is 2.00. The molecule has 2 aliphatic heterocycles. The number of fused-ring (bicyclic) bond motifs is 2. The second-order valence-corrected chi connectivity index (χ2v) is 5.19. The van der Waals surface area contributed by atoms with Crippen molar-refractivity contribution in [3.63, 3.8) is 0 Å². The van der Waals surface area contributed by atoms with Crippen LogP contribution in [0.2, 0.25) is 0 Å². The summed E-state index contributed by atoms with van der Waals surface area (Å²) in [5.41, 5.74) is 2.54. The molecule has 16 heavy (non-hydrogen) atoms. The van der Waals surface area contributed by atoms with Crippen molar-refractivity contribution < 1.29 is 0 Å². The Labute approximate surface area is 97.0 Å². The van der Waals surface area contributed by atoms with Crippen LogP contribution in [-0.2, 0) is 0 Å². The van der Waals surface area contributed by atoms with Crippen LogP contribution in [0.25, 0.3) is 0 Å². The molecule has 0 amide bonds. The number of aliphatic imine (C=N–C) groups is 1. The van der Waals surface area contributed by atoms with E-state index in [-0.39, 0.29) is 0 Å². The smallest absolute Gasteiger partial charge is 0.108 e. The molecule has 0 aromatic heterocycles. The lowest BCUT2D eigenvalue weighted by Crippen LogP contribution is -2.56. The molecule has 0 bridgehead atoms. The Hall–Kier alpha value is -1.31. The van der Waals surface area contributed by atoms with E-state index in [0.29, 0.717) is 18.0 Å². The molecule has 2 heteroatoms. The second kappa shape index (κ2) is 3.34. The summed E-state index contributed by atoms with van der Waals surface area (Å²) in [5, 5.41) is 0. The highest BCUT2D eigenvalue weighted by atomic mass is 15.3. The lowest BCUT2D eigenvalue weighted by atomic mass is 9.85. The first-order valence-electron chi connectivity index (χ1n) is 6.13. The van der Waals surface area contributed by atoms with E-state index in [1.54, 1.807) is 0 Å². The maximum atomic E-state index is 4.74. The fourth-order valence-electron chi connectivity index (χ4n) is 2.87. The molecule has 0 aliphatic carbocycles. The van der Waals surface area contributed by atoms with Gasteiger partial charge in [0, 0.05) is 18.0 Å². The molecule has 0 saturated carbocycles. The Morgan fingerprint density at radius 2 is 2.06 bits per heavy atom. The molecule has 2 aliphatic rings. The SMILES string of the molecule is CC(C)[C@H]1CC2=Nc3ccccc3[C@H](C)N21. The van der Waals surface area contributed by atoms with Gasteiger partial charge in [0.05, 0.1) is 11.7 Å². The second-order valence-electron chi connectivity index (χ2n) is 5.19. The van der Waals surface area contributed by atoms with Gasteiger partial charge in [-0.3, -0.25) is 0 Å². The summed E-state index contributed by atoms with van der Waals surface area (Å²) in [6.07, 6.45) is 1.15. The molecular formula is C14H18N2. The predicted octanol–water partition coefficient (Wildman–Crippen LogP) is 3.52. The first-order chi connectivity index (χ1) is 7.68. The fourth-order valence-corrected chi connectivity index (χ4v) is 2.87. The topological polar surface area (TPSA) is 15.6 Å². The summed E-state index contributed by atoms with van der Waals surface area (Å²) < 4.78 is 0. The standard InChI is InChI=1S/C14H18N2/c1-9(2)13-8-14-15-12-7-5-4-6-11(12)10(3)16(13)14/h4-7,9-10,13H,8H2,1-3H3/t10-,13+/m0/s1. The van der Waals surface area contributed by atoms with Crippen LogP contribution < -0.4 is 0 Å². The quantitative estimate of drug-likeness (QED) is 0.698. The molecule has 1 saturated heterocycles. The van der Waals surface area contributed by atoms with Gasteiger partial charge in [0.1, 0.15) is 5.84 Å².